The molecule has 0 atom stereocenters. The molecule has 0 amide bonds. The number of aryl methyl sites for hydroxylation is 1. The summed E-state index contributed by atoms with van der Waals surface area (Å²) in [5.74, 6) is 0. The Balaban J connectivity index is 1.78. The maximum atomic E-state index is 13.0. The third kappa shape index (κ3) is 3.31. The minimum absolute atomic E-state index is 0.0109. The zero-order chi connectivity index (χ0) is 19.7. The highest BCUT2D eigenvalue weighted by atomic mass is 16.1. The van der Waals surface area contributed by atoms with E-state index in [2.05, 4.69) is 21.5 Å². The van der Waals surface area contributed by atoms with E-state index in [-0.39, 0.29) is 11.6 Å². The third-order valence-electron chi connectivity index (χ3n) is 5.49. The average Bonchev–Trinajstić information content (AvgIpc) is 2.72. The molecule has 6 heteroatoms. The highest BCUT2D eigenvalue weighted by molar-refractivity contribution is 5.92. The molecule has 0 aliphatic carbocycles. The van der Waals surface area contributed by atoms with Crippen LogP contribution in [0.1, 0.15) is 30.0 Å². The lowest BCUT2D eigenvalue weighted by molar-refractivity contribution is 0.333. The molecule has 28 heavy (non-hydrogen) atoms. The standard InChI is InChI=1S/C22H25N5O/c1-14-9-16(11-18(12-24-2)21(14)23)15-3-4-20-17(10-15)13-26-27(22(20)28)19-5-7-25-8-6-19/h3-4,9-13,19,25H,5-8,23H2,1-2H3. The molecule has 0 saturated carbocycles. The minimum Gasteiger partial charge on any atom is -0.398 e. The molecule has 2 aromatic carbocycles. The van der Waals surface area contributed by atoms with Crippen LogP contribution in [0, 0.1) is 6.92 Å². The summed E-state index contributed by atoms with van der Waals surface area (Å²) in [7, 11) is 1.73. The van der Waals surface area contributed by atoms with Crippen molar-refractivity contribution in [2.24, 2.45) is 4.99 Å². The van der Waals surface area contributed by atoms with Crippen molar-refractivity contribution in [1.82, 2.24) is 15.1 Å². The van der Waals surface area contributed by atoms with Crippen molar-refractivity contribution in [1.29, 1.82) is 0 Å². The van der Waals surface area contributed by atoms with Crippen molar-refractivity contribution in [3.05, 3.63) is 58.0 Å². The summed E-state index contributed by atoms with van der Waals surface area (Å²) < 4.78 is 1.66. The molecule has 1 saturated heterocycles. The van der Waals surface area contributed by atoms with Gasteiger partial charge < -0.3 is 11.1 Å². The highest BCUT2D eigenvalue weighted by Crippen LogP contribution is 2.28. The quantitative estimate of drug-likeness (QED) is 0.544. The number of hydrogen-bond acceptors (Lipinski definition) is 5. The Labute approximate surface area is 164 Å². The van der Waals surface area contributed by atoms with Gasteiger partial charge in [0.2, 0.25) is 0 Å². The number of nitrogens with zero attached hydrogens (tertiary/aromatic N) is 3. The highest BCUT2D eigenvalue weighted by Gasteiger charge is 2.18. The van der Waals surface area contributed by atoms with E-state index in [4.69, 9.17) is 5.73 Å². The van der Waals surface area contributed by atoms with Gasteiger partial charge in [-0.2, -0.15) is 5.10 Å². The van der Waals surface area contributed by atoms with Gasteiger partial charge in [-0.1, -0.05) is 6.07 Å². The normalized spacial score (nSPS) is 15.5. The number of anilines is 1. The molecule has 1 fully saturated rings. The average molecular weight is 375 g/mol. The van der Waals surface area contributed by atoms with Crippen molar-refractivity contribution in [3.63, 3.8) is 0 Å². The van der Waals surface area contributed by atoms with Crippen molar-refractivity contribution in [3.8, 4) is 11.1 Å². The fourth-order valence-electron chi connectivity index (χ4n) is 3.89. The Morgan fingerprint density at radius 2 is 2.00 bits per heavy atom. The van der Waals surface area contributed by atoms with Crippen LogP contribution in [0.3, 0.4) is 0 Å². The zero-order valence-corrected chi connectivity index (χ0v) is 16.3. The van der Waals surface area contributed by atoms with E-state index < -0.39 is 0 Å². The SMILES string of the molecule is CN=Cc1cc(-c2ccc3c(=O)n(C4CCNCC4)ncc3c2)cc(C)c1N. The molecule has 4 rings (SSSR count). The van der Waals surface area contributed by atoms with Gasteiger partial charge in [0, 0.05) is 29.9 Å². The number of fused-ring (bicyclic) bond motifs is 1. The molecule has 0 spiro atoms. The van der Waals surface area contributed by atoms with Crippen LogP contribution in [0.25, 0.3) is 21.9 Å². The van der Waals surface area contributed by atoms with E-state index in [1.54, 1.807) is 24.1 Å². The number of benzene rings is 2. The van der Waals surface area contributed by atoms with E-state index >= 15 is 0 Å². The molecule has 3 N–H and O–H groups in total. The molecule has 6 nitrogen and oxygen atoms in total. The molecule has 0 unspecified atom stereocenters. The number of hydrogen-bond donors (Lipinski definition) is 2. The zero-order valence-electron chi connectivity index (χ0n) is 16.3. The Bertz CT molecular complexity index is 1110. The van der Waals surface area contributed by atoms with Gasteiger partial charge in [-0.3, -0.25) is 9.79 Å². The van der Waals surface area contributed by atoms with Crippen LogP contribution in [0.4, 0.5) is 5.69 Å². The fourth-order valence-corrected chi connectivity index (χ4v) is 3.89. The number of nitrogen functional groups attached to an aromatic ring is 1. The summed E-state index contributed by atoms with van der Waals surface area (Å²) in [6, 6.07) is 10.2. The lowest BCUT2D eigenvalue weighted by atomic mass is 9.97. The smallest absolute Gasteiger partial charge is 0.274 e. The maximum Gasteiger partial charge on any atom is 0.274 e. The molecule has 1 aliphatic heterocycles. The molecule has 2 heterocycles. The Kier molecular flexibility index (Phi) is 4.96. The molecule has 1 aromatic heterocycles. The van der Waals surface area contributed by atoms with Crippen molar-refractivity contribution < 1.29 is 0 Å². The van der Waals surface area contributed by atoms with Crippen LogP contribution < -0.4 is 16.6 Å². The number of aliphatic imine (C=N–C) groups is 1. The van der Waals surface area contributed by atoms with Gasteiger partial charge >= 0.3 is 0 Å². The molecular formula is C22H25N5O. The van der Waals surface area contributed by atoms with Gasteiger partial charge in [0.15, 0.2) is 0 Å². The summed E-state index contributed by atoms with van der Waals surface area (Å²) in [6.07, 6.45) is 5.44. The third-order valence-corrected chi connectivity index (χ3v) is 5.49. The number of aromatic nitrogens is 2. The van der Waals surface area contributed by atoms with Crippen LogP contribution in [-0.2, 0) is 0 Å². The lowest BCUT2D eigenvalue weighted by Gasteiger charge is -2.23. The first kappa shape index (κ1) is 18.4. The molecule has 144 valence electrons. The van der Waals surface area contributed by atoms with E-state index in [1.807, 2.05) is 31.2 Å². The summed E-state index contributed by atoms with van der Waals surface area (Å²) in [5, 5.41) is 9.37. The van der Waals surface area contributed by atoms with Crippen molar-refractivity contribution >= 4 is 22.7 Å². The summed E-state index contributed by atoms with van der Waals surface area (Å²) in [4.78, 5) is 17.1. The van der Waals surface area contributed by atoms with Crippen LogP contribution in [-0.4, -0.2) is 36.1 Å². The van der Waals surface area contributed by atoms with E-state index in [0.717, 1.165) is 59.3 Å². The van der Waals surface area contributed by atoms with Gasteiger partial charge in [0.05, 0.1) is 17.6 Å². The monoisotopic (exact) mass is 375 g/mol. The molecular weight excluding hydrogens is 350 g/mol. The molecule has 0 radical (unpaired) electrons. The Morgan fingerprint density at radius 3 is 2.75 bits per heavy atom. The van der Waals surface area contributed by atoms with Gasteiger partial charge in [0.1, 0.15) is 0 Å². The van der Waals surface area contributed by atoms with Crippen LogP contribution in [0.5, 0.6) is 0 Å². The van der Waals surface area contributed by atoms with Gasteiger partial charge in [-0.25, -0.2) is 4.68 Å². The number of piperidine rings is 1. The van der Waals surface area contributed by atoms with Crippen LogP contribution >= 0.6 is 0 Å². The minimum atomic E-state index is -0.0109. The van der Waals surface area contributed by atoms with E-state index in [0.29, 0.717) is 5.39 Å². The first-order valence-corrected chi connectivity index (χ1v) is 9.63. The van der Waals surface area contributed by atoms with Crippen LogP contribution in [0.2, 0.25) is 0 Å². The molecule has 1 aliphatic rings. The van der Waals surface area contributed by atoms with Gasteiger partial charge in [-0.05, 0) is 73.8 Å². The van der Waals surface area contributed by atoms with Crippen molar-refractivity contribution in [2.75, 3.05) is 25.9 Å². The lowest BCUT2D eigenvalue weighted by Crippen LogP contribution is -2.35. The number of rotatable bonds is 3. The summed E-state index contributed by atoms with van der Waals surface area (Å²) in [5.41, 5.74) is 10.9. The Hall–Kier alpha value is -2.99. The predicted octanol–water partition coefficient (Wildman–Crippen LogP) is 2.93. The van der Waals surface area contributed by atoms with Crippen molar-refractivity contribution in [2.45, 2.75) is 25.8 Å². The summed E-state index contributed by atoms with van der Waals surface area (Å²) >= 11 is 0. The second kappa shape index (κ2) is 7.56. The second-order valence-electron chi connectivity index (χ2n) is 7.36. The van der Waals surface area contributed by atoms with E-state index in [9.17, 15) is 4.79 Å². The predicted molar refractivity (Wildman–Crippen MR) is 115 cm³/mol. The van der Waals surface area contributed by atoms with E-state index in [1.165, 1.54) is 0 Å². The first-order valence-electron chi connectivity index (χ1n) is 9.63. The first-order chi connectivity index (χ1) is 13.6. The second-order valence-corrected chi connectivity index (χ2v) is 7.36. The number of nitrogens with one attached hydrogen (secondary N) is 1. The summed E-state index contributed by atoms with van der Waals surface area (Å²) in [6.45, 7) is 3.84. The topological polar surface area (TPSA) is 85.3 Å². The fraction of sp³-hybridized carbons (Fsp3) is 0.318. The van der Waals surface area contributed by atoms with Gasteiger partial charge in [0.25, 0.3) is 5.56 Å². The van der Waals surface area contributed by atoms with Gasteiger partial charge in [-0.15, -0.1) is 0 Å². The Morgan fingerprint density at radius 1 is 1.21 bits per heavy atom. The largest absolute Gasteiger partial charge is 0.398 e. The molecule has 3 aromatic rings. The number of nitrogens with two attached hydrogens (primary N) is 1. The maximum absolute atomic E-state index is 13.0. The van der Waals surface area contributed by atoms with Crippen LogP contribution in [0.15, 0.2) is 46.3 Å². The molecule has 0 bridgehead atoms.